The van der Waals surface area contributed by atoms with Gasteiger partial charge in [-0.15, -0.1) is 10.2 Å². The van der Waals surface area contributed by atoms with Gasteiger partial charge >= 0.3 is 12.3 Å². The number of amides is 4. The van der Waals surface area contributed by atoms with Gasteiger partial charge < -0.3 is 29.7 Å². The number of nitrogens with zero attached hydrogens (tertiary/aromatic N) is 3. The van der Waals surface area contributed by atoms with Crippen LogP contribution in [-0.2, 0) is 29.1 Å². The Kier molecular flexibility index (Phi) is 12.2. The van der Waals surface area contributed by atoms with Crippen LogP contribution in [-0.4, -0.2) is 101 Å². The number of hydrogen-bond donors (Lipinski definition) is 3. The minimum Gasteiger partial charge on any atom is -0.476 e. The molecule has 1 saturated heterocycles. The molecule has 0 unspecified atom stereocenters. The van der Waals surface area contributed by atoms with E-state index in [-0.39, 0.29) is 37.1 Å². The first-order valence-corrected chi connectivity index (χ1v) is 21.6. The summed E-state index contributed by atoms with van der Waals surface area (Å²) < 4.78 is 85.8. The molecule has 3 heterocycles. The second kappa shape index (κ2) is 16.4. The second-order valence-electron chi connectivity index (χ2n) is 17.0. The van der Waals surface area contributed by atoms with Crippen LogP contribution in [0.4, 0.5) is 18.0 Å². The van der Waals surface area contributed by atoms with Crippen molar-refractivity contribution in [1.82, 2.24) is 30.5 Å². The third-order valence-electron chi connectivity index (χ3n) is 12.1. The lowest BCUT2D eigenvalue weighted by Crippen LogP contribution is -2.60. The Labute approximate surface area is 341 Å². The molecule has 2 aromatic rings. The molecule has 1 aromatic carbocycles. The first-order chi connectivity index (χ1) is 27.6. The topological polar surface area (TPSA) is 195 Å². The van der Waals surface area contributed by atoms with E-state index in [0.717, 1.165) is 0 Å². The summed E-state index contributed by atoms with van der Waals surface area (Å²) >= 11 is 0. The molecule has 0 spiro atoms. The Morgan fingerprint density at radius 1 is 1.05 bits per heavy atom. The summed E-state index contributed by atoms with van der Waals surface area (Å²) in [6.07, 6.45) is -1.06. The zero-order valence-corrected chi connectivity index (χ0v) is 34.9. The molecule has 15 nitrogen and oxygen atoms in total. The highest BCUT2D eigenvalue weighted by Crippen LogP contribution is 2.48. The molecular formula is C40H53F3N6O9S. The average molecular weight is 851 g/mol. The van der Waals surface area contributed by atoms with Crippen LogP contribution in [0.3, 0.4) is 0 Å². The van der Waals surface area contributed by atoms with Crippen LogP contribution in [0.1, 0.15) is 92.9 Å². The van der Waals surface area contributed by atoms with Crippen LogP contribution in [0, 0.1) is 17.8 Å². The molecule has 2 aliphatic heterocycles. The molecule has 4 amide bonds. The summed E-state index contributed by atoms with van der Waals surface area (Å²) in [6, 6.07) is 4.29. The summed E-state index contributed by atoms with van der Waals surface area (Å²) in [4.78, 5) is 57.9. The highest BCUT2D eigenvalue weighted by Gasteiger charge is 2.63. The standard InChI is InChI=1S/C40H53F3N6O9S/c1-7-24-19-23(3)13-9-10-14-25-21-39(25,35(52)48-59(54,55)38(6)17-18-38)45-31(50)29-20-26(57-33-28-16-12-11-15-27(28)32(46-47-33)56-8-2)22-49(29)34(51)30(24)44-36(53)58-37(4,5)40(41,42)43/h10-12,14-16,23-26,29-30H,7-9,13,17-22H2,1-6H3,(H,44,53)(H,45,50)(H,48,52)/b14-10-/t23-,24-,25-,26-,29+,30+,39-/m1/s1. The number of alkyl halides is 3. The van der Waals surface area contributed by atoms with E-state index in [0.29, 0.717) is 69.8 Å². The maximum Gasteiger partial charge on any atom is 0.427 e. The summed E-state index contributed by atoms with van der Waals surface area (Å²) in [5.41, 5.74) is -4.55. The van der Waals surface area contributed by atoms with E-state index in [2.05, 4.69) is 25.6 Å². The van der Waals surface area contributed by atoms with Gasteiger partial charge in [0.15, 0.2) is 0 Å². The van der Waals surface area contributed by atoms with Crippen molar-refractivity contribution < 1.29 is 55.0 Å². The molecule has 6 rings (SSSR count). The number of aromatic nitrogens is 2. The summed E-state index contributed by atoms with van der Waals surface area (Å²) in [7, 11) is -4.09. The fourth-order valence-electron chi connectivity index (χ4n) is 7.80. The number of alkyl carbamates (subject to hydrolysis) is 1. The predicted octanol–water partition coefficient (Wildman–Crippen LogP) is 5.09. The third-order valence-corrected chi connectivity index (χ3v) is 14.2. The largest absolute Gasteiger partial charge is 0.476 e. The quantitative estimate of drug-likeness (QED) is 0.270. The Morgan fingerprint density at radius 3 is 2.34 bits per heavy atom. The van der Waals surface area contributed by atoms with Crippen molar-refractivity contribution in [3.63, 3.8) is 0 Å². The Hall–Kier alpha value is -4.68. The van der Waals surface area contributed by atoms with Gasteiger partial charge in [0.2, 0.25) is 39.2 Å². The molecule has 0 bridgehead atoms. The molecule has 1 aromatic heterocycles. The SMILES string of the molecule is CCOc1nnc(O[C@@H]2C[C@H]3C(=O)N[C@]4(C(=O)NS(=O)(=O)C5(C)CC5)C[C@H]4/C=C\CC[C@@H](C)C[C@@H](CC)[C@H](NC(=O)OC(C)(C)C(F)(F)F)C(=O)N3C2)c2ccccc12. The van der Waals surface area contributed by atoms with Crippen molar-refractivity contribution in [2.75, 3.05) is 13.2 Å². The maximum absolute atomic E-state index is 14.9. The molecule has 19 heteroatoms. The van der Waals surface area contributed by atoms with Gasteiger partial charge in [0.25, 0.3) is 5.91 Å². The average Bonchev–Trinajstić information content (AvgIpc) is 4.04. The number of hydrogen-bond acceptors (Lipinski definition) is 11. The second-order valence-corrected chi connectivity index (χ2v) is 19.2. The van der Waals surface area contributed by atoms with Gasteiger partial charge in [0.05, 0.1) is 28.7 Å². The van der Waals surface area contributed by atoms with Gasteiger partial charge in [-0.05, 0) is 90.2 Å². The molecule has 3 fully saturated rings. The third kappa shape index (κ3) is 9.09. The van der Waals surface area contributed by atoms with Gasteiger partial charge in [-0.25, -0.2) is 13.2 Å². The number of carbonyl (C=O) groups excluding carboxylic acids is 4. The van der Waals surface area contributed by atoms with Crippen LogP contribution >= 0.6 is 0 Å². The van der Waals surface area contributed by atoms with E-state index in [1.54, 1.807) is 44.2 Å². The van der Waals surface area contributed by atoms with Crippen molar-refractivity contribution in [3.05, 3.63) is 36.4 Å². The highest BCUT2D eigenvalue weighted by atomic mass is 32.2. The number of halogens is 3. The molecule has 0 radical (unpaired) electrons. The van der Waals surface area contributed by atoms with Crippen molar-refractivity contribution in [2.45, 2.75) is 133 Å². The van der Waals surface area contributed by atoms with Crippen molar-refractivity contribution in [2.24, 2.45) is 17.8 Å². The molecule has 3 N–H and O–H groups in total. The minimum absolute atomic E-state index is 0.0390. The zero-order chi connectivity index (χ0) is 43.1. The van der Waals surface area contributed by atoms with E-state index in [1.807, 2.05) is 13.0 Å². The van der Waals surface area contributed by atoms with Crippen LogP contribution in [0.5, 0.6) is 11.8 Å². The van der Waals surface area contributed by atoms with Crippen molar-refractivity contribution in [3.8, 4) is 11.8 Å². The predicted molar refractivity (Wildman–Crippen MR) is 208 cm³/mol. The molecule has 59 heavy (non-hydrogen) atoms. The van der Waals surface area contributed by atoms with Gasteiger partial charge in [-0.1, -0.05) is 44.6 Å². The fraction of sp³-hybridized carbons (Fsp3) is 0.650. The fourth-order valence-corrected chi connectivity index (χ4v) is 9.12. The molecule has 324 valence electrons. The summed E-state index contributed by atoms with van der Waals surface area (Å²) in [5, 5.41) is 14.8. The summed E-state index contributed by atoms with van der Waals surface area (Å²) in [5.74, 6) is -3.30. The number of carbonyl (C=O) groups is 4. The van der Waals surface area contributed by atoms with E-state index in [9.17, 15) is 40.8 Å². The lowest BCUT2D eigenvalue weighted by atomic mass is 9.85. The van der Waals surface area contributed by atoms with Gasteiger partial charge in [-0.3, -0.25) is 19.1 Å². The number of benzene rings is 1. The Morgan fingerprint density at radius 2 is 1.71 bits per heavy atom. The molecular weight excluding hydrogens is 798 g/mol. The Balaban J connectivity index is 1.37. The highest BCUT2D eigenvalue weighted by molar-refractivity contribution is 7.91. The van der Waals surface area contributed by atoms with E-state index in [4.69, 9.17) is 14.2 Å². The number of nitrogens with one attached hydrogen (secondary N) is 3. The van der Waals surface area contributed by atoms with Gasteiger partial charge in [0, 0.05) is 12.3 Å². The number of fused-ring (bicyclic) bond motifs is 3. The number of ether oxygens (including phenoxy) is 3. The first kappa shape index (κ1) is 43.9. The number of sulfonamides is 1. The normalized spacial score (nSPS) is 29.1. The molecule has 7 atom stereocenters. The zero-order valence-electron chi connectivity index (χ0n) is 34.1. The van der Waals surface area contributed by atoms with Crippen LogP contribution < -0.4 is 24.8 Å². The van der Waals surface area contributed by atoms with Gasteiger partial charge in [-0.2, -0.15) is 13.2 Å². The molecule has 4 aliphatic rings. The molecule has 2 aliphatic carbocycles. The van der Waals surface area contributed by atoms with Crippen molar-refractivity contribution in [1.29, 1.82) is 0 Å². The van der Waals surface area contributed by atoms with E-state index < -0.39 is 85.9 Å². The van der Waals surface area contributed by atoms with E-state index in [1.165, 1.54) is 11.8 Å². The number of allylic oxidation sites excluding steroid dienone is 1. The van der Waals surface area contributed by atoms with Crippen LogP contribution in [0.15, 0.2) is 36.4 Å². The van der Waals surface area contributed by atoms with Crippen LogP contribution in [0.25, 0.3) is 10.8 Å². The smallest absolute Gasteiger partial charge is 0.427 e. The summed E-state index contributed by atoms with van der Waals surface area (Å²) in [6.45, 7) is 8.56. The molecule has 2 saturated carbocycles. The number of rotatable bonds is 10. The lowest BCUT2D eigenvalue weighted by Gasteiger charge is -2.35. The van der Waals surface area contributed by atoms with Gasteiger partial charge in [0.1, 0.15) is 23.7 Å². The maximum atomic E-state index is 14.9. The van der Waals surface area contributed by atoms with E-state index >= 15 is 0 Å². The lowest BCUT2D eigenvalue weighted by molar-refractivity contribution is -0.244. The first-order valence-electron chi connectivity index (χ1n) is 20.1. The van der Waals surface area contributed by atoms with Crippen LogP contribution in [0.2, 0.25) is 0 Å². The monoisotopic (exact) mass is 850 g/mol. The van der Waals surface area contributed by atoms with Crippen molar-refractivity contribution >= 4 is 44.6 Å². The Bertz CT molecular complexity index is 2100. The minimum atomic E-state index is -4.92.